The Morgan fingerprint density at radius 3 is 0.764 bits per heavy atom. The third-order valence-electron chi connectivity index (χ3n) is 18.0. The Kier molecular flexibility index (Phi) is 14.5. The van der Waals surface area contributed by atoms with Crippen molar-refractivity contribution in [1.82, 2.24) is 0 Å². The number of fused-ring (bicyclic) bond motifs is 10. The van der Waals surface area contributed by atoms with Crippen LogP contribution in [0.4, 0.5) is 68.2 Å². The molecule has 2 aliphatic carbocycles. The second-order valence-corrected chi connectivity index (χ2v) is 23.8. The molecular weight excluding hydrogens is 1080 g/mol. The van der Waals surface area contributed by atoms with Gasteiger partial charge >= 0.3 is 0 Å². The van der Waals surface area contributed by atoms with E-state index >= 15 is 0 Å². The average molecular weight is 1150 g/mol. The molecule has 0 aliphatic heterocycles. The van der Waals surface area contributed by atoms with Crippen molar-refractivity contribution in [2.24, 2.45) is 0 Å². The predicted molar refractivity (Wildman–Crippen MR) is 380 cm³/mol. The number of aryl methyl sites for hydroxylation is 5. The van der Waals surface area contributed by atoms with Crippen molar-refractivity contribution in [2.45, 2.75) is 46.5 Å². The summed E-state index contributed by atoms with van der Waals surface area (Å²) in [6.07, 6.45) is 6.73. The van der Waals surface area contributed by atoms with E-state index in [1.54, 1.807) is 0 Å². The van der Waals surface area contributed by atoms with E-state index in [9.17, 15) is 0 Å². The van der Waals surface area contributed by atoms with Crippen molar-refractivity contribution in [2.75, 3.05) is 19.6 Å². The lowest BCUT2D eigenvalue weighted by Crippen LogP contribution is -2.27. The van der Waals surface area contributed by atoms with E-state index in [4.69, 9.17) is 0 Å². The van der Waals surface area contributed by atoms with Gasteiger partial charge in [-0.2, -0.15) is 0 Å². The quantitative estimate of drug-likeness (QED) is 0.0956. The fraction of sp³-hybridized carbons (Fsp3) is 0.0824. The summed E-state index contributed by atoms with van der Waals surface area (Å²) >= 11 is 0. The molecule has 4 heteroatoms. The monoisotopic (exact) mass is 1150 g/mol. The molecule has 0 heterocycles. The van der Waals surface area contributed by atoms with Crippen LogP contribution in [0.25, 0.3) is 40.5 Å². The highest BCUT2D eigenvalue weighted by atomic mass is 15.2. The molecule has 12 aromatic rings. The van der Waals surface area contributed by atoms with Crippen LogP contribution in [-0.4, -0.2) is 0 Å². The molecule has 430 valence electrons. The summed E-state index contributed by atoms with van der Waals surface area (Å²) in [7, 11) is 0. The van der Waals surface area contributed by atoms with Gasteiger partial charge in [-0.1, -0.05) is 166 Å². The number of rotatable bonds is 16. The first-order valence-corrected chi connectivity index (χ1v) is 30.9. The molecule has 0 saturated heterocycles. The molecular formula is C85H70N4. The third kappa shape index (κ3) is 9.93. The second kappa shape index (κ2) is 23.1. The van der Waals surface area contributed by atoms with Crippen LogP contribution in [0.1, 0.15) is 73.7 Å². The molecule has 12 aromatic carbocycles. The van der Waals surface area contributed by atoms with Crippen LogP contribution in [0, 0.1) is 27.7 Å². The maximum Gasteiger partial charge on any atom is 0.0728 e. The standard InChI is InChI=1S/C85H70N4/c1-9-61-25-17-33-69(49-61)86(65-29-13-21-57(5)45-65)73-37-41-77-78-42-38-74(87(66-30-14-22-58(6)46-66)70-34-18-26-62(10-2)50-70)54-82(78)85(81(77)53-73)83-55-75(88(67-31-15-23-59(7)47-67)71-35-19-27-63(11-3)51-71)39-43-79(83)80-44-40-76(56-84(80)85)89(68-32-16-24-60(8)48-68)72-36-20-28-64(12-4)52-72/h9-11,13-56H,1-3,12H2,4-8H3. The fourth-order valence-corrected chi connectivity index (χ4v) is 13.9. The molecule has 0 aromatic heterocycles. The van der Waals surface area contributed by atoms with Gasteiger partial charge in [-0.3, -0.25) is 0 Å². The lowest BCUT2D eigenvalue weighted by Gasteiger charge is -2.35. The molecule has 0 radical (unpaired) electrons. The highest BCUT2D eigenvalue weighted by Gasteiger charge is 2.53. The Morgan fingerprint density at radius 1 is 0.270 bits per heavy atom. The summed E-state index contributed by atoms with van der Waals surface area (Å²) in [4.78, 5) is 9.72. The van der Waals surface area contributed by atoms with Gasteiger partial charge in [0.2, 0.25) is 0 Å². The van der Waals surface area contributed by atoms with Gasteiger partial charge < -0.3 is 19.6 Å². The van der Waals surface area contributed by atoms with Crippen molar-refractivity contribution >= 4 is 86.5 Å². The lowest BCUT2D eigenvalue weighted by molar-refractivity contribution is 0.793. The van der Waals surface area contributed by atoms with Gasteiger partial charge in [-0.15, -0.1) is 0 Å². The molecule has 0 bridgehead atoms. The second-order valence-electron chi connectivity index (χ2n) is 23.8. The summed E-state index contributed by atoms with van der Waals surface area (Å²) in [6, 6.07) is 99.7. The topological polar surface area (TPSA) is 13.0 Å². The van der Waals surface area contributed by atoms with Crippen molar-refractivity contribution in [1.29, 1.82) is 0 Å². The smallest absolute Gasteiger partial charge is 0.0728 e. The van der Waals surface area contributed by atoms with E-state index < -0.39 is 5.41 Å². The zero-order valence-corrected chi connectivity index (χ0v) is 51.3. The highest BCUT2D eigenvalue weighted by Crippen LogP contribution is 2.65. The molecule has 0 amide bonds. The van der Waals surface area contributed by atoms with Crippen LogP contribution in [-0.2, 0) is 11.8 Å². The van der Waals surface area contributed by atoms with Crippen molar-refractivity contribution in [3.8, 4) is 22.3 Å². The first-order valence-electron chi connectivity index (χ1n) is 30.9. The molecule has 4 nitrogen and oxygen atoms in total. The first-order chi connectivity index (χ1) is 43.5. The van der Waals surface area contributed by atoms with Crippen LogP contribution < -0.4 is 19.6 Å². The zero-order valence-electron chi connectivity index (χ0n) is 51.3. The lowest BCUT2D eigenvalue weighted by atomic mass is 9.70. The minimum Gasteiger partial charge on any atom is -0.310 e. The molecule has 0 fully saturated rings. The highest BCUT2D eigenvalue weighted by molar-refractivity contribution is 6.00. The predicted octanol–water partition coefficient (Wildman–Crippen LogP) is 23.6. The number of benzene rings is 12. The van der Waals surface area contributed by atoms with E-state index in [-0.39, 0.29) is 0 Å². The summed E-state index contributed by atoms with van der Waals surface area (Å²) < 4.78 is 0. The minimum atomic E-state index is -0.902. The van der Waals surface area contributed by atoms with Crippen LogP contribution in [0.3, 0.4) is 0 Å². The molecule has 14 rings (SSSR count). The SMILES string of the molecule is C=Cc1cccc(N(c2cccc(C)c2)c2ccc3c(c2)C2(c4cc(N(c5cccc(C)c5)c5cccc(C=C)c5)ccc4-3)c3cc(N(c4cccc(C)c4)c4cccc(C=C)c4)ccc3-c3ccc(N(c4cccc(C)c4)c4cccc(CC)c4)cc32)c1. The maximum atomic E-state index is 4.23. The fourth-order valence-electron chi connectivity index (χ4n) is 13.9. The van der Waals surface area contributed by atoms with Gasteiger partial charge in [0.15, 0.2) is 0 Å². The summed E-state index contributed by atoms with van der Waals surface area (Å²) in [6.45, 7) is 23.6. The minimum absolute atomic E-state index is 0.902. The average Bonchev–Trinajstić information content (AvgIpc) is 1.52. The molecule has 0 saturated carbocycles. The van der Waals surface area contributed by atoms with E-state index in [1.165, 1.54) is 72.3 Å². The Morgan fingerprint density at radius 2 is 0.506 bits per heavy atom. The van der Waals surface area contributed by atoms with Crippen LogP contribution in [0.2, 0.25) is 0 Å². The normalized spacial score (nSPS) is 12.1. The molecule has 2 aliphatic rings. The zero-order chi connectivity index (χ0) is 60.9. The summed E-state index contributed by atoms with van der Waals surface area (Å²) in [5, 5.41) is 0. The molecule has 0 N–H and O–H groups in total. The Hall–Kier alpha value is -10.9. The summed E-state index contributed by atoms with van der Waals surface area (Å²) in [5.74, 6) is 0. The number of anilines is 12. The van der Waals surface area contributed by atoms with Gasteiger partial charge in [0.25, 0.3) is 0 Å². The van der Waals surface area contributed by atoms with Crippen molar-refractivity contribution < 1.29 is 0 Å². The van der Waals surface area contributed by atoms with Crippen molar-refractivity contribution in [3.63, 3.8) is 0 Å². The van der Waals surface area contributed by atoms with E-state index in [0.717, 1.165) is 91.4 Å². The van der Waals surface area contributed by atoms with Crippen molar-refractivity contribution in [3.05, 3.63) is 353 Å². The van der Waals surface area contributed by atoms with E-state index in [0.29, 0.717) is 0 Å². The maximum absolute atomic E-state index is 4.23. The largest absolute Gasteiger partial charge is 0.310 e. The van der Waals surface area contributed by atoms with Gasteiger partial charge in [-0.25, -0.2) is 0 Å². The number of hydrogen-bond acceptors (Lipinski definition) is 4. The van der Waals surface area contributed by atoms with Gasteiger partial charge in [0.1, 0.15) is 0 Å². The first kappa shape index (κ1) is 55.9. The van der Waals surface area contributed by atoms with Crippen LogP contribution >= 0.6 is 0 Å². The third-order valence-corrected chi connectivity index (χ3v) is 18.0. The van der Waals surface area contributed by atoms with E-state index in [1.807, 2.05) is 18.2 Å². The van der Waals surface area contributed by atoms with Gasteiger partial charge in [0, 0.05) is 68.2 Å². The molecule has 0 unspecified atom stereocenters. The Bertz CT molecular complexity index is 4460. The molecule has 0 atom stereocenters. The van der Waals surface area contributed by atoms with Gasteiger partial charge in [-0.05, 0) is 269 Å². The van der Waals surface area contributed by atoms with E-state index in [2.05, 4.69) is 341 Å². The van der Waals surface area contributed by atoms with Crippen LogP contribution in [0.15, 0.2) is 287 Å². The number of hydrogen-bond donors (Lipinski definition) is 0. The van der Waals surface area contributed by atoms with Crippen LogP contribution in [0.5, 0.6) is 0 Å². The Balaban J connectivity index is 1.12. The molecule has 1 spiro atoms. The molecule has 89 heavy (non-hydrogen) atoms. The summed E-state index contributed by atoms with van der Waals surface area (Å²) in [5.41, 5.74) is 30.6. The Labute approximate surface area is 525 Å². The van der Waals surface area contributed by atoms with Gasteiger partial charge in [0.05, 0.1) is 5.41 Å². The number of nitrogens with zero attached hydrogens (tertiary/aromatic N) is 4.